The lowest BCUT2D eigenvalue weighted by Gasteiger charge is -2.40. The van der Waals surface area contributed by atoms with E-state index < -0.39 is 30.3 Å². The number of ether oxygens (including phenoxy) is 1. The molecule has 3 aromatic carbocycles. The van der Waals surface area contributed by atoms with Crippen molar-refractivity contribution in [3.8, 4) is 5.75 Å². The minimum Gasteiger partial charge on any atom is -0.493 e. The zero-order valence-corrected chi connectivity index (χ0v) is 24.4. The highest BCUT2D eigenvalue weighted by Gasteiger charge is 2.47. The summed E-state index contributed by atoms with van der Waals surface area (Å²) in [6, 6.07) is 20.3. The van der Waals surface area contributed by atoms with Gasteiger partial charge in [0.15, 0.2) is 0 Å². The minimum absolute atomic E-state index is 0.0633. The van der Waals surface area contributed by atoms with Gasteiger partial charge >= 0.3 is 11.9 Å². The lowest BCUT2D eigenvalue weighted by Crippen LogP contribution is -2.46. The number of halogens is 3. The number of fused-ring (bicyclic) bond motifs is 1. The molecule has 0 fully saturated rings. The highest BCUT2D eigenvalue weighted by molar-refractivity contribution is 6.30. The number of likely N-dealkylation sites (N-methyl/N-ethyl adjacent to an activating group) is 1. The lowest BCUT2D eigenvalue weighted by atomic mass is 9.84. The summed E-state index contributed by atoms with van der Waals surface area (Å²) in [6.45, 7) is 5.27. The van der Waals surface area contributed by atoms with Crippen LogP contribution in [0, 0.1) is 5.92 Å². The predicted molar refractivity (Wildman–Crippen MR) is 158 cm³/mol. The van der Waals surface area contributed by atoms with Gasteiger partial charge in [-0.3, -0.25) is 9.59 Å². The van der Waals surface area contributed by atoms with Gasteiger partial charge in [-0.25, -0.2) is 4.79 Å². The van der Waals surface area contributed by atoms with E-state index in [1.54, 1.807) is 34.1 Å². The molecule has 1 aliphatic rings. The fourth-order valence-electron chi connectivity index (χ4n) is 5.31. The molecule has 2 amide bonds. The molecule has 1 unspecified atom stereocenters. The highest BCUT2D eigenvalue weighted by atomic mass is 35.5. The molecule has 4 rings (SSSR count). The monoisotopic (exact) mass is 598 g/mol. The highest BCUT2D eigenvalue weighted by Crippen LogP contribution is 2.41. The number of benzene rings is 3. The van der Waals surface area contributed by atoms with Crippen molar-refractivity contribution in [3.63, 3.8) is 0 Å². The molecule has 7 nitrogen and oxygen atoms in total. The summed E-state index contributed by atoms with van der Waals surface area (Å²) in [7, 11) is 0. The van der Waals surface area contributed by atoms with Crippen molar-refractivity contribution in [2.24, 2.45) is 5.92 Å². The van der Waals surface area contributed by atoms with Gasteiger partial charge in [-0.05, 0) is 86.8 Å². The van der Waals surface area contributed by atoms with E-state index in [2.05, 4.69) is 0 Å². The van der Waals surface area contributed by atoms with Crippen LogP contribution >= 0.6 is 11.6 Å². The number of nitrogens with zero attached hydrogens (tertiary/aromatic N) is 2. The summed E-state index contributed by atoms with van der Waals surface area (Å²) in [5, 5.41) is 9.41. The maximum atomic E-state index is 13.9. The maximum Gasteiger partial charge on any atom is 0.375 e. The fourth-order valence-corrected chi connectivity index (χ4v) is 5.44. The summed E-state index contributed by atoms with van der Waals surface area (Å²) < 4.78 is 33.3. The molecule has 0 radical (unpaired) electrons. The van der Waals surface area contributed by atoms with Crippen LogP contribution in [0.3, 0.4) is 0 Å². The number of anilines is 2. The van der Waals surface area contributed by atoms with Crippen molar-refractivity contribution < 1.29 is 33.0 Å². The van der Waals surface area contributed by atoms with Crippen LogP contribution in [0.25, 0.3) is 0 Å². The number of carbonyl (C=O) groups excluding carboxylic acids is 2. The number of hydrogen-bond donors (Lipinski definition) is 1. The Bertz CT molecular complexity index is 1430. The first-order valence-electron chi connectivity index (χ1n) is 13.8. The van der Waals surface area contributed by atoms with E-state index in [1.807, 2.05) is 50.2 Å². The zero-order valence-electron chi connectivity index (χ0n) is 23.6. The molecule has 3 aromatic rings. The Labute approximate surface area is 248 Å². The SMILES string of the molecule is CCC(COc1ccc(C(=O)N2c3ccccc3[C@@H](C(=O)N(CC)c3ccc(Cl)cc3)C[C@@H]2C)cc1)C(F)(F)C(=O)O. The minimum atomic E-state index is -3.91. The third-order valence-electron chi connectivity index (χ3n) is 7.67. The first kappa shape index (κ1) is 31.0. The third kappa shape index (κ3) is 6.26. The average Bonchev–Trinajstić information content (AvgIpc) is 2.98. The van der Waals surface area contributed by atoms with E-state index in [0.29, 0.717) is 29.2 Å². The normalized spacial score (nSPS) is 17.2. The van der Waals surface area contributed by atoms with Gasteiger partial charge in [-0.2, -0.15) is 8.78 Å². The van der Waals surface area contributed by atoms with Crippen LogP contribution in [0.15, 0.2) is 72.8 Å². The van der Waals surface area contributed by atoms with Crippen LogP contribution in [0.2, 0.25) is 5.02 Å². The molecule has 0 spiro atoms. The first-order chi connectivity index (χ1) is 20.0. The van der Waals surface area contributed by atoms with Gasteiger partial charge in [0.2, 0.25) is 5.91 Å². The van der Waals surface area contributed by atoms with E-state index in [-0.39, 0.29) is 30.0 Å². The number of amides is 2. The summed E-state index contributed by atoms with van der Waals surface area (Å²) in [4.78, 5) is 41.9. The Balaban J connectivity index is 1.54. The molecule has 0 saturated heterocycles. The number of alkyl halides is 2. The van der Waals surface area contributed by atoms with E-state index in [1.165, 1.54) is 19.1 Å². The van der Waals surface area contributed by atoms with Gasteiger partial charge in [-0.1, -0.05) is 36.7 Å². The van der Waals surface area contributed by atoms with Gasteiger partial charge < -0.3 is 19.6 Å². The Morgan fingerprint density at radius 3 is 2.29 bits per heavy atom. The first-order valence-corrected chi connectivity index (χ1v) is 14.2. The molecule has 222 valence electrons. The number of carbonyl (C=O) groups is 3. The molecular formula is C32H33ClF2N2O5. The van der Waals surface area contributed by atoms with Crippen LogP contribution < -0.4 is 14.5 Å². The quantitative estimate of drug-likeness (QED) is 0.270. The Morgan fingerprint density at radius 2 is 1.69 bits per heavy atom. The topological polar surface area (TPSA) is 87.2 Å². The standard InChI is InChI=1S/C32H33ClF2N2O5/c1-4-22(32(34,35)31(40)41)19-42-25-16-10-21(11-17-25)29(38)37-20(3)18-27(26-8-6-7-9-28(26)37)30(39)36(5-2)24-14-12-23(33)13-15-24/h6-17,20,22,27H,4-5,18-19H2,1-3H3,(H,40,41)/t20-,22?,27-/m0/s1. The van der Waals surface area contributed by atoms with Crippen molar-refractivity contribution in [1.29, 1.82) is 0 Å². The predicted octanol–water partition coefficient (Wildman–Crippen LogP) is 7.04. The van der Waals surface area contributed by atoms with Crippen molar-refractivity contribution in [2.45, 2.75) is 51.5 Å². The number of hydrogen-bond acceptors (Lipinski definition) is 4. The summed E-state index contributed by atoms with van der Waals surface area (Å²) in [6.07, 6.45) is 0.338. The smallest absolute Gasteiger partial charge is 0.375 e. The van der Waals surface area contributed by atoms with Crippen LogP contribution in [0.5, 0.6) is 5.75 Å². The molecule has 1 heterocycles. The summed E-state index contributed by atoms with van der Waals surface area (Å²) in [5.41, 5.74) is 2.50. The second-order valence-corrected chi connectivity index (χ2v) is 10.7. The number of carboxylic acids is 1. The molecule has 0 aromatic heterocycles. The van der Waals surface area contributed by atoms with Crippen LogP contribution in [-0.4, -0.2) is 48.0 Å². The van der Waals surface area contributed by atoms with Crippen molar-refractivity contribution in [3.05, 3.63) is 88.9 Å². The van der Waals surface area contributed by atoms with Crippen molar-refractivity contribution in [1.82, 2.24) is 0 Å². The molecule has 0 aliphatic carbocycles. The molecule has 0 saturated carbocycles. The Kier molecular flexibility index (Phi) is 9.51. The number of carboxylic acid groups (broad SMARTS) is 1. The van der Waals surface area contributed by atoms with Crippen molar-refractivity contribution >= 4 is 40.8 Å². The summed E-state index contributed by atoms with van der Waals surface area (Å²) >= 11 is 6.04. The second-order valence-electron chi connectivity index (χ2n) is 10.3. The van der Waals surface area contributed by atoms with E-state index in [9.17, 15) is 23.2 Å². The van der Waals surface area contributed by atoms with Gasteiger partial charge in [0.1, 0.15) is 5.75 Å². The van der Waals surface area contributed by atoms with Gasteiger partial charge in [0.05, 0.1) is 18.4 Å². The molecule has 42 heavy (non-hydrogen) atoms. The zero-order chi connectivity index (χ0) is 30.6. The average molecular weight is 599 g/mol. The number of para-hydroxylation sites is 1. The summed E-state index contributed by atoms with van der Waals surface area (Å²) in [5.74, 6) is -8.15. The molecule has 1 N–H and O–H groups in total. The fraction of sp³-hybridized carbons (Fsp3) is 0.344. The Hall–Kier alpha value is -3.98. The maximum absolute atomic E-state index is 13.9. The van der Waals surface area contributed by atoms with Crippen molar-refractivity contribution in [2.75, 3.05) is 23.0 Å². The molecule has 0 bridgehead atoms. The Morgan fingerprint density at radius 1 is 1.05 bits per heavy atom. The van der Waals surface area contributed by atoms with Gasteiger partial charge in [0, 0.05) is 34.5 Å². The van der Waals surface area contributed by atoms with E-state index >= 15 is 0 Å². The molecule has 1 aliphatic heterocycles. The lowest BCUT2D eigenvalue weighted by molar-refractivity contribution is -0.175. The number of aliphatic carboxylic acids is 1. The second kappa shape index (κ2) is 12.9. The molecule has 3 atom stereocenters. The molecule has 10 heteroatoms. The number of rotatable bonds is 10. The van der Waals surface area contributed by atoms with Crippen LogP contribution in [0.4, 0.5) is 20.2 Å². The van der Waals surface area contributed by atoms with Crippen LogP contribution in [0.1, 0.15) is 55.5 Å². The largest absolute Gasteiger partial charge is 0.493 e. The molecular weight excluding hydrogens is 566 g/mol. The van der Waals surface area contributed by atoms with E-state index in [0.717, 1.165) is 11.3 Å². The third-order valence-corrected chi connectivity index (χ3v) is 7.92. The van der Waals surface area contributed by atoms with Crippen LogP contribution in [-0.2, 0) is 9.59 Å². The van der Waals surface area contributed by atoms with Gasteiger partial charge in [-0.15, -0.1) is 0 Å². The van der Waals surface area contributed by atoms with E-state index in [4.69, 9.17) is 21.4 Å². The van der Waals surface area contributed by atoms with Gasteiger partial charge in [0.25, 0.3) is 5.91 Å².